The van der Waals surface area contributed by atoms with Crippen molar-refractivity contribution >= 4 is 44.2 Å². The Hall–Kier alpha value is -1.87. The van der Waals surface area contributed by atoms with Gasteiger partial charge in [0.2, 0.25) is 5.76 Å². The number of halogens is 1. The van der Waals surface area contributed by atoms with Crippen LogP contribution < -0.4 is 4.90 Å². The molecule has 0 saturated carbocycles. The van der Waals surface area contributed by atoms with Gasteiger partial charge in [0.05, 0.1) is 23.4 Å². The molecule has 2 aliphatic rings. The lowest BCUT2D eigenvalue weighted by molar-refractivity contribution is -0.119. The molecule has 0 spiro atoms. The predicted molar refractivity (Wildman–Crippen MR) is 109 cm³/mol. The molecule has 1 fully saturated rings. The Morgan fingerprint density at radius 1 is 1.29 bits per heavy atom. The molecule has 1 amide bonds. The Morgan fingerprint density at radius 2 is 2.11 bits per heavy atom. The number of carbonyl (C=O) groups excluding carboxylic acids is 1. The number of anilines is 1. The average molecular weight is 424 g/mol. The number of morpholine rings is 1. The monoisotopic (exact) mass is 423 g/mol. The van der Waals surface area contributed by atoms with Crippen LogP contribution >= 0.6 is 22.9 Å². The lowest BCUT2D eigenvalue weighted by Crippen LogP contribution is -2.44. The highest BCUT2D eigenvalue weighted by Gasteiger charge is 2.27. The third kappa shape index (κ3) is 4.10. The number of aromatic nitrogens is 1. The molecule has 7 nitrogen and oxygen atoms in total. The van der Waals surface area contributed by atoms with Crippen LogP contribution in [0, 0.1) is 6.92 Å². The summed E-state index contributed by atoms with van der Waals surface area (Å²) in [4.78, 5) is 21.8. The first-order valence-corrected chi connectivity index (χ1v) is 10.4. The van der Waals surface area contributed by atoms with Crippen LogP contribution in [0.1, 0.15) is 5.56 Å². The molecule has 0 unspecified atom stereocenters. The van der Waals surface area contributed by atoms with E-state index in [9.17, 15) is 4.79 Å². The van der Waals surface area contributed by atoms with Gasteiger partial charge in [-0.15, -0.1) is 0 Å². The highest BCUT2D eigenvalue weighted by Crippen LogP contribution is 2.34. The number of nitrogens with zero attached hydrogens (tertiary/aromatic N) is 3. The molecular weight excluding hydrogens is 402 g/mol. The summed E-state index contributed by atoms with van der Waals surface area (Å²) >= 11 is 7.72. The molecule has 1 aromatic heterocycles. The van der Waals surface area contributed by atoms with E-state index < -0.39 is 0 Å². The lowest BCUT2D eigenvalue weighted by Gasteiger charge is -2.29. The second kappa shape index (κ2) is 8.65. The molecule has 9 heteroatoms. The number of hydrogen-bond acceptors (Lipinski definition) is 7. The van der Waals surface area contributed by atoms with Crippen LogP contribution in [0.5, 0.6) is 0 Å². The Labute approximate surface area is 172 Å². The van der Waals surface area contributed by atoms with E-state index in [1.54, 1.807) is 4.90 Å². The minimum atomic E-state index is -0.240. The maximum Gasteiger partial charge on any atom is 0.298 e. The summed E-state index contributed by atoms with van der Waals surface area (Å²) in [5, 5.41) is 1.30. The molecule has 3 heterocycles. The van der Waals surface area contributed by atoms with Crippen molar-refractivity contribution in [3.8, 4) is 0 Å². The third-order valence-corrected chi connectivity index (χ3v) is 6.27. The standard InChI is InChI=1S/C19H22ClN3O4S/c1-13-14(20)2-3-16-17(13)21-19(28-16)23(5-4-22-6-8-25-9-7-22)18(24)15-12-26-10-11-27-15/h2-3,12H,4-11H2,1H3. The summed E-state index contributed by atoms with van der Waals surface area (Å²) in [6, 6.07) is 3.80. The maximum atomic E-state index is 13.2. The van der Waals surface area contributed by atoms with E-state index in [4.69, 9.17) is 30.8 Å². The van der Waals surface area contributed by atoms with Crippen molar-refractivity contribution in [3.05, 3.63) is 34.7 Å². The van der Waals surface area contributed by atoms with Crippen molar-refractivity contribution in [1.29, 1.82) is 0 Å². The van der Waals surface area contributed by atoms with Gasteiger partial charge in [-0.3, -0.25) is 14.6 Å². The van der Waals surface area contributed by atoms with Crippen LogP contribution in [0.4, 0.5) is 5.13 Å². The largest absolute Gasteiger partial charge is 0.494 e. The topological polar surface area (TPSA) is 64.1 Å². The van der Waals surface area contributed by atoms with Gasteiger partial charge in [-0.2, -0.15) is 0 Å². The quantitative estimate of drug-likeness (QED) is 0.736. The normalized spacial score (nSPS) is 17.7. The average Bonchev–Trinajstić information content (AvgIpc) is 3.17. The SMILES string of the molecule is Cc1c(Cl)ccc2sc(N(CCN3CCOCC3)C(=O)C3=COCCO3)nc12. The zero-order valence-electron chi connectivity index (χ0n) is 15.6. The van der Waals surface area contributed by atoms with Crippen LogP contribution in [-0.2, 0) is 19.0 Å². The van der Waals surface area contributed by atoms with Crippen molar-refractivity contribution in [2.24, 2.45) is 0 Å². The molecule has 1 aromatic carbocycles. The van der Waals surface area contributed by atoms with Crippen molar-refractivity contribution in [2.45, 2.75) is 6.92 Å². The molecule has 1 saturated heterocycles. The van der Waals surface area contributed by atoms with E-state index in [-0.39, 0.29) is 11.7 Å². The van der Waals surface area contributed by atoms with Crippen molar-refractivity contribution in [2.75, 3.05) is 57.5 Å². The Balaban J connectivity index is 1.62. The number of ether oxygens (including phenoxy) is 3. The number of amides is 1. The molecule has 28 heavy (non-hydrogen) atoms. The summed E-state index contributed by atoms with van der Waals surface area (Å²) in [6.45, 7) is 7.15. The lowest BCUT2D eigenvalue weighted by atomic mass is 10.2. The fraction of sp³-hybridized carbons (Fsp3) is 0.474. The van der Waals surface area contributed by atoms with Gasteiger partial charge in [0, 0.05) is 31.2 Å². The van der Waals surface area contributed by atoms with Gasteiger partial charge in [0.15, 0.2) is 5.13 Å². The molecule has 0 N–H and O–H groups in total. The van der Waals surface area contributed by atoms with E-state index in [0.29, 0.717) is 29.9 Å². The Kier molecular flexibility index (Phi) is 6.01. The van der Waals surface area contributed by atoms with Crippen LogP contribution in [0.3, 0.4) is 0 Å². The number of carbonyl (C=O) groups is 1. The predicted octanol–water partition coefficient (Wildman–Crippen LogP) is 2.81. The van der Waals surface area contributed by atoms with E-state index in [2.05, 4.69) is 4.90 Å². The number of hydrogen-bond donors (Lipinski definition) is 0. The molecule has 0 bridgehead atoms. The van der Waals surface area contributed by atoms with Gasteiger partial charge in [0.1, 0.15) is 19.5 Å². The minimum Gasteiger partial charge on any atom is -0.494 e. The van der Waals surface area contributed by atoms with Crippen molar-refractivity contribution < 1.29 is 19.0 Å². The molecule has 2 aromatic rings. The molecule has 4 rings (SSSR count). The fourth-order valence-corrected chi connectivity index (χ4v) is 4.37. The van der Waals surface area contributed by atoms with E-state index >= 15 is 0 Å². The van der Waals surface area contributed by atoms with Crippen LogP contribution in [0.2, 0.25) is 5.02 Å². The fourth-order valence-electron chi connectivity index (χ4n) is 3.17. The number of aryl methyl sites for hydroxylation is 1. The second-order valence-electron chi connectivity index (χ2n) is 6.63. The minimum absolute atomic E-state index is 0.210. The van der Waals surface area contributed by atoms with Crippen LogP contribution in [0.25, 0.3) is 10.2 Å². The summed E-state index contributed by atoms with van der Waals surface area (Å²) in [5.41, 5.74) is 1.74. The van der Waals surface area contributed by atoms with Crippen LogP contribution in [0.15, 0.2) is 24.2 Å². The van der Waals surface area contributed by atoms with E-state index in [0.717, 1.165) is 48.6 Å². The van der Waals surface area contributed by atoms with Gasteiger partial charge in [-0.05, 0) is 24.6 Å². The van der Waals surface area contributed by atoms with Gasteiger partial charge in [-0.25, -0.2) is 4.98 Å². The highest BCUT2D eigenvalue weighted by atomic mass is 35.5. The Bertz CT molecular complexity index is 895. The first-order chi connectivity index (χ1) is 13.6. The summed E-state index contributed by atoms with van der Waals surface area (Å²) in [6.07, 6.45) is 1.39. The van der Waals surface area contributed by atoms with Gasteiger partial charge in [0.25, 0.3) is 5.91 Å². The number of rotatable bonds is 5. The van der Waals surface area contributed by atoms with E-state index in [1.807, 2.05) is 19.1 Å². The van der Waals surface area contributed by atoms with Crippen molar-refractivity contribution in [3.63, 3.8) is 0 Å². The smallest absolute Gasteiger partial charge is 0.298 e. The van der Waals surface area contributed by atoms with Gasteiger partial charge in [-0.1, -0.05) is 22.9 Å². The summed E-state index contributed by atoms with van der Waals surface area (Å²) < 4.78 is 17.2. The summed E-state index contributed by atoms with van der Waals surface area (Å²) in [7, 11) is 0. The number of thiazole rings is 1. The molecule has 0 atom stereocenters. The molecule has 0 aliphatic carbocycles. The van der Waals surface area contributed by atoms with Crippen molar-refractivity contribution in [1.82, 2.24) is 9.88 Å². The van der Waals surface area contributed by atoms with E-state index in [1.165, 1.54) is 17.6 Å². The highest BCUT2D eigenvalue weighted by molar-refractivity contribution is 7.22. The second-order valence-corrected chi connectivity index (χ2v) is 8.04. The van der Waals surface area contributed by atoms with Gasteiger partial charge < -0.3 is 14.2 Å². The number of fused-ring (bicyclic) bond motifs is 1. The first-order valence-electron chi connectivity index (χ1n) is 9.25. The van der Waals surface area contributed by atoms with Gasteiger partial charge >= 0.3 is 0 Å². The molecule has 150 valence electrons. The zero-order chi connectivity index (χ0) is 19.5. The van der Waals surface area contributed by atoms with Crippen LogP contribution in [-0.4, -0.2) is 68.4 Å². The molecule has 0 radical (unpaired) electrons. The Morgan fingerprint density at radius 3 is 2.86 bits per heavy atom. The third-order valence-electron chi connectivity index (χ3n) is 4.82. The zero-order valence-corrected chi connectivity index (χ0v) is 17.2. The summed E-state index contributed by atoms with van der Waals surface area (Å²) in [5.74, 6) is -0.0296. The molecular formula is C19H22ClN3O4S. The maximum absolute atomic E-state index is 13.2. The molecule has 2 aliphatic heterocycles. The first kappa shape index (κ1) is 19.4. The number of benzene rings is 1.